The summed E-state index contributed by atoms with van der Waals surface area (Å²) in [5.41, 5.74) is 2.01. The fourth-order valence-electron chi connectivity index (χ4n) is 3.42. The van der Waals surface area contributed by atoms with Crippen molar-refractivity contribution in [1.82, 2.24) is 20.1 Å². The van der Waals surface area contributed by atoms with Gasteiger partial charge in [-0.3, -0.25) is 9.80 Å². The SMILES string of the molecule is C=C/C(=C\C=C(/C)SSc1ccccn1)CN1C(=C)C(NC)=CN(C2CC(O)C(CO)O2)C1=O. The molecule has 8 nitrogen and oxygen atoms in total. The average molecular weight is 503 g/mol. The lowest BCUT2D eigenvalue weighted by Crippen LogP contribution is -2.50. The number of nitrogens with zero attached hydrogens (tertiary/aromatic N) is 3. The van der Waals surface area contributed by atoms with Crippen LogP contribution in [-0.2, 0) is 4.74 Å². The first-order chi connectivity index (χ1) is 16.4. The number of urea groups is 1. The van der Waals surface area contributed by atoms with Crippen LogP contribution in [-0.4, -0.2) is 69.7 Å². The van der Waals surface area contributed by atoms with E-state index in [-0.39, 0.29) is 25.6 Å². The third-order valence-corrected chi connectivity index (χ3v) is 7.80. The summed E-state index contributed by atoms with van der Waals surface area (Å²) in [6, 6.07) is 5.46. The molecule has 3 atom stereocenters. The molecule has 3 N–H and O–H groups in total. The molecule has 0 aliphatic carbocycles. The van der Waals surface area contributed by atoms with Crippen LogP contribution in [0.4, 0.5) is 4.79 Å². The maximum atomic E-state index is 13.3. The van der Waals surface area contributed by atoms with Crippen LogP contribution in [0.15, 0.2) is 88.9 Å². The number of aliphatic hydroxyl groups is 2. The summed E-state index contributed by atoms with van der Waals surface area (Å²) in [6.45, 7) is 9.93. The van der Waals surface area contributed by atoms with Gasteiger partial charge in [-0.05, 0) is 40.3 Å². The van der Waals surface area contributed by atoms with Gasteiger partial charge in [0, 0.05) is 25.9 Å². The predicted molar refractivity (Wildman–Crippen MR) is 136 cm³/mol. The van der Waals surface area contributed by atoms with Gasteiger partial charge >= 0.3 is 6.03 Å². The molecule has 1 fully saturated rings. The number of ether oxygens (including phenoxy) is 1. The number of hydrogen-bond acceptors (Lipinski definition) is 8. The van der Waals surface area contributed by atoms with Crippen molar-refractivity contribution in [1.29, 1.82) is 0 Å². The van der Waals surface area contributed by atoms with Gasteiger partial charge in [-0.2, -0.15) is 0 Å². The molecule has 0 spiro atoms. The van der Waals surface area contributed by atoms with E-state index >= 15 is 0 Å². The van der Waals surface area contributed by atoms with Crippen LogP contribution in [0.2, 0.25) is 0 Å². The highest BCUT2D eigenvalue weighted by atomic mass is 33.1. The van der Waals surface area contributed by atoms with Gasteiger partial charge in [0.25, 0.3) is 0 Å². The van der Waals surface area contributed by atoms with Crippen LogP contribution in [0.25, 0.3) is 0 Å². The van der Waals surface area contributed by atoms with Gasteiger partial charge in [-0.1, -0.05) is 48.2 Å². The largest absolute Gasteiger partial charge is 0.394 e. The summed E-state index contributed by atoms with van der Waals surface area (Å²) in [6.07, 6.45) is 6.97. The number of carbonyl (C=O) groups excluding carboxylic acids is 1. The first-order valence-electron chi connectivity index (χ1n) is 10.8. The minimum absolute atomic E-state index is 0.210. The monoisotopic (exact) mass is 502 g/mol. The smallest absolute Gasteiger partial charge is 0.331 e. The predicted octanol–water partition coefficient (Wildman–Crippen LogP) is 3.62. The number of aliphatic hydroxyl groups excluding tert-OH is 2. The highest BCUT2D eigenvalue weighted by Gasteiger charge is 2.41. The Hall–Kier alpha value is -2.50. The molecule has 0 radical (unpaired) electrons. The third-order valence-electron chi connectivity index (χ3n) is 5.35. The molecule has 34 heavy (non-hydrogen) atoms. The van der Waals surface area contributed by atoms with Gasteiger partial charge in [0.05, 0.1) is 30.6 Å². The quantitative estimate of drug-likeness (QED) is 0.330. The fourth-order valence-corrected chi connectivity index (χ4v) is 5.11. The van der Waals surface area contributed by atoms with Crippen LogP contribution in [0.3, 0.4) is 0 Å². The average Bonchev–Trinajstić information content (AvgIpc) is 3.23. The summed E-state index contributed by atoms with van der Waals surface area (Å²) in [4.78, 5) is 21.7. The van der Waals surface area contributed by atoms with Crippen molar-refractivity contribution < 1.29 is 19.7 Å². The molecule has 182 valence electrons. The molecule has 3 heterocycles. The normalized spacial score (nSPS) is 23.9. The molecule has 1 aromatic heterocycles. The van der Waals surface area contributed by atoms with Crippen molar-refractivity contribution in [2.24, 2.45) is 0 Å². The van der Waals surface area contributed by atoms with Crippen LogP contribution < -0.4 is 5.32 Å². The molecule has 2 aliphatic rings. The summed E-state index contributed by atoms with van der Waals surface area (Å²) < 4.78 is 5.70. The van der Waals surface area contributed by atoms with Crippen molar-refractivity contribution in [3.05, 3.63) is 83.9 Å². The zero-order valence-corrected chi connectivity index (χ0v) is 20.9. The Kier molecular flexibility index (Phi) is 9.43. The molecule has 1 saturated heterocycles. The first kappa shape index (κ1) is 26.1. The van der Waals surface area contributed by atoms with E-state index in [1.54, 1.807) is 52.0 Å². The third kappa shape index (κ3) is 6.34. The number of amides is 2. The molecule has 3 unspecified atom stereocenters. The Balaban J connectivity index is 1.72. The Morgan fingerprint density at radius 3 is 2.82 bits per heavy atom. The van der Waals surface area contributed by atoms with E-state index in [4.69, 9.17) is 4.74 Å². The van der Waals surface area contributed by atoms with Crippen molar-refractivity contribution in [3.63, 3.8) is 0 Å². The standard InChI is InChI=1S/C24H30N4O4S2/c1-5-18(10-9-16(2)33-34-22-8-6-7-11-26-22)13-27-17(3)19(25-4)14-28(24(27)31)23-12-20(30)21(15-29)32-23/h5-11,14,20-21,23,25,29-30H,1,3,12-13,15H2,2,4H3/b16-9+,18-10+. The van der Waals surface area contributed by atoms with E-state index in [0.29, 0.717) is 11.4 Å². The molecule has 3 rings (SSSR count). The Morgan fingerprint density at radius 2 is 2.21 bits per heavy atom. The van der Waals surface area contributed by atoms with Crippen molar-refractivity contribution in [2.75, 3.05) is 20.2 Å². The zero-order valence-electron chi connectivity index (χ0n) is 19.3. The van der Waals surface area contributed by atoms with E-state index in [2.05, 4.69) is 23.5 Å². The number of rotatable bonds is 10. The summed E-state index contributed by atoms with van der Waals surface area (Å²) in [5, 5.41) is 23.5. The molecule has 0 saturated carbocycles. The Labute approximate surface area is 208 Å². The van der Waals surface area contributed by atoms with Crippen molar-refractivity contribution in [3.8, 4) is 0 Å². The lowest BCUT2D eigenvalue weighted by Gasteiger charge is -2.38. The number of nitrogens with one attached hydrogen (secondary N) is 1. The molecule has 10 heteroatoms. The van der Waals surface area contributed by atoms with Crippen LogP contribution >= 0.6 is 21.6 Å². The van der Waals surface area contributed by atoms with Gasteiger partial charge in [0.15, 0.2) is 0 Å². The fraction of sp³-hybridized carbons (Fsp3) is 0.333. The highest BCUT2D eigenvalue weighted by Crippen LogP contribution is 2.35. The van der Waals surface area contributed by atoms with E-state index in [1.165, 1.54) is 4.90 Å². The molecule has 2 amide bonds. The lowest BCUT2D eigenvalue weighted by molar-refractivity contribution is -0.0565. The number of hydrogen-bond donors (Lipinski definition) is 3. The van der Waals surface area contributed by atoms with E-state index in [9.17, 15) is 15.0 Å². The number of likely N-dealkylation sites (N-methyl/N-ethyl adjacent to an activating group) is 1. The summed E-state index contributed by atoms with van der Waals surface area (Å²) >= 11 is 0. The second-order valence-corrected chi connectivity index (χ2v) is 10.1. The minimum atomic E-state index is -0.842. The second-order valence-electron chi connectivity index (χ2n) is 7.69. The maximum Gasteiger partial charge on any atom is 0.331 e. The maximum absolute atomic E-state index is 13.3. The van der Waals surface area contributed by atoms with Gasteiger partial charge in [0.1, 0.15) is 17.4 Å². The molecule has 2 aliphatic heterocycles. The second kappa shape index (κ2) is 12.3. The van der Waals surface area contributed by atoms with Crippen LogP contribution in [0.5, 0.6) is 0 Å². The number of carbonyl (C=O) groups is 1. The van der Waals surface area contributed by atoms with Crippen molar-refractivity contribution in [2.45, 2.75) is 36.8 Å². The van der Waals surface area contributed by atoms with Crippen molar-refractivity contribution >= 4 is 27.6 Å². The van der Waals surface area contributed by atoms with E-state index in [0.717, 1.165) is 15.5 Å². The number of pyridine rings is 1. The first-order valence-corrected chi connectivity index (χ1v) is 12.9. The Morgan fingerprint density at radius 1 is 1.41 bits per heavy atom. The zero-order chi connectivity index (χ0) is 24.7. The number of allylic oxidation sites excluding steroid dienone is 3. The van der Waals surface area contributed by atoms with Crippen LogP contribution in [0.1, 0.15) is 13.3 Å². The van der Waals surface area contributed by atoms with Gasteiger partial charge in [0.2, 0.25) is 0 Å². The van der Waals surface area contributed by atoms with Crippen LogP contribution in [0, 0.1) is 0 Å². The highest BCUT2D eigenvalue weighted by molar-refractivity contribution is 8.78. The minimum Gasteiger partial charge on any atom is -0.394 e. The topological polar surface area (TPSA) is 98.2 Å². The molecule has 0 aromatic carbocycles. The van der Waals surface area contributed by atoms with E-state index < -0.39 is 18.4 Å². The van der Waals surface area contributed by atoms with Gasteiger partial charge in [-0.15, -0.1) is 0 Å². The number of aromatic nitrogens is 1. The molecular formula is C24H30N4O4S2. The molecule has 1 aromatic rings. The molecular weight excluding hydrogens is 472 g/mol. The molecule has 0 bridgehead atoms. The van der Waals surface area contributed by atoms with Gasteiger partial charge in [-0.25, -0.2) is 9.78 Å². The lowest BCUT2D eigenvalue weighted by atomic mass is 10.1. The Bertz CT molecular complexity index is 996. The summed E-state index contributed by atoms with van der Waals surface area (Å²) in [7, 11) is 4.92. The summed E-state index contributed by atoms with van der Waals surface area (Å²) in [5.74, 6) is 0. The van der Waals surface area contributed by atoms with E-state index in [1.807, 2.05) is 37.3 Å². The van der Waals surface area contributed by atoms with Gasteiger partial charge < -0.3 is 20.3 Å².